The van der Waals surface area contributed by atoms with Gasteiger partial charge in [0.1, 0.15) is 5.75 Å². The maximum absolute atomic E-state index is 5.91. The van der Waals surface area contributed by atoms with Gasteiger partial charge in [-0.05, 0) is 30.9 Å². The minimum Gasteiger partial charge on any atom is -0.493 e. The molecule has 116 valence electrons. The van der Waals surface area contributed by atoms with Gasteiger partial charge in [-0.25, -0.2) is 0 Å². The summed E-state index contributed by atoms with van der Waals surface area (Å²) in [7, 11) is 0. The van der Waals surface area contributed by atoms with Crippen LogP contribution in [-0.4, -0.2) is 13.2 Å². The van der Waals surface area contributed by atoms with E-state index in [1.165, 1.54) is 61.8 Å². The van der Waals surface area contributed by atoms with Gasteiger partial charge in [-0.1, -0.05) is 57.2 Å². The van der Waals surface area contributed by atoms with Crippen molar-refractivity contribution in [1.29, 1.82) is 0 Å². The Morgan fingerprint density at radius 2 is 2.10 bits per heavy atom. The second-order valence-electron chi connectivity index (χ2n) is 6.63. The highest BCUT2D eigenvalue weighted by Gasteiger charge is 2.23. The number of fused-ring (bicyclic) bond motifs is 1. The minimum absolute atomic E-state index is 0.463. The van der Waals surface area contributed by atoms with Crippen molar-refractivity contribution in [3.05, 3.63) is 29.3 Å². The van der Waals surface area contributed by atoms with E-state index in [4.69, 9.17) is 4.74 Å². The van der Waals surface area contributed by atoms with Crippen LogP contribution >= 0.6 is 0 Å². The molecule has 1 aliphatic carbocycles. The highest BCUT2D eigenvalue weighted by Crippen LogP contribution is 2.37. The topological polar surface area (TPSA) is 21.3 Å². The molecule has 2 nitrogen and oxygen atoms in total. The molecule has 2 heteroatoms. The van der Waals surface area contributed by atoms with Crippen molar-refractivity contribution in [3.8, 4) is 5.75 Å². The summed E-state index contributed by atoms with van der Waals surface area (Å²) in [6.45, 7) is 4.09. The van der Waals surface area contributed by atoms with E-state index in [0.29, 0.717) is 6.04 Å². The molecular formula is C19H29NO. The Balaban J connectivity index is 1.67. The van der Waals surface area contributed by atoms with Crippen LogP contribution in [0.4, 0.5) is 0 Å². The molecule has 1 fully saturated rings. The molecule has 1 aliphatic heterocycles. The first-order chi connectivity index (χ1) is 10.4. The molecular weight excluding hydrogens is 258 g/mol. The zero-order valence-corrected chi connectivity index (χ0v) is 13.4. The van der Waals surface area contributed by atoms with Crippen LogP contribution in [0.25, 0.3) is 0 Å². The molecule has 2 aliphatic rings. The van der Waals surface area contributed by atoms with E-state index in [1.807, 2.05) is 0 Å². The Labute approximate surface area is 129 Å². The third kappa shape index (κ3) is 3.60. The first-order valence-electron chi connectivity index (χ1n) is 8.86. The second-order valence-corrected chi connectivity index (χ2v) is 6.63. The van der Waals surface area contributed by atoms with E-state index < -0.39 is 0 Å². The lowest BCUT2D eigenvalue weighted by molar-refractivity contribution is 0.309. The van der Waals surface area contributed by atoms with Crippen molar-refractivity contribution in [2.24, 2.45) is 5.92 Å². The van der Waals surface area contributed by atoms with E-state index >= 15 is 0 Å². The van der Waals surface area contributed by atoms with Gasteiger partial charge in [-0.15, -0.1) is 0 Å². The fraction of sp³-hybridized carbons (Fsp3) is 0.684. The molecule has 3 rings (SSSR count). The van der Waals surface area contributed by atoms with Crippen molar-refractivity contribution in [2.45, 2.75) is 64.3 Å². The van der Waals surface area contributed by atoms with E-state index in [2.05, 4.69) is 30.4 Å². The van der Waals surface area contributed by atoms with Gasteiger partial charge in [0.2, 0.25) is 0 Å². The van der Waals surface area contributed by atoms with Gasteiger partial charge in [-0.3, -0.25) is 0 Å². The van der Waals surface area contributed by atoms with Gasteiger partial charge < -0.3 is 10.1 Å². The Morgan fingerprint density at radius 1 is 1.24 bits per heavy atom. The van der Waals surface area contributed by atoms with Crippen molar-refractivity contribution >= 4 is 0 Å². The van der Waals surface area contributed by atoms with Crippen molar-refractivity contribution < 1.29 is 4.74 Å². The lowest BCUT2D eigenvalue weighted by atomic mass is 9.84. The lowest BCUT2D eigenvalue weighted by Crippen LogP contribution is -2.22. The minimum atomic E-state index is 0.463. The largest absolute Gasteiger partial charge is 0.493 e. The van der Waals surface area contributed by atoms with Gasteiger partial charge in [0.05, 0.1) is 6.61 Å². The van der Waals surface area contributed by atoms with E-state index in [9.17, 15) is 0 Å². The molecule has 1 atom stereocenters. The highest BCUT2D eigenvalue weighted by atomic mass is 16.5. The number of para-hydroxylation sites is 1. The second kappa shape index (κ2) is 7.31. The number of hydrogen-bond donors (Lipinski definition) is 1. The van der Waals surface area contributed by atoms with E-state index in [1.54, 1.807) is 0 Å². The molecule has 1 N–H and O–H groups in total. The Kier molecular flexibility index (Phi) is 5.18. The summed E-state index contributed by atoms with van der Waals surface area (Å²) in [5.74, 6) is 2.13. The summed E-state index contributed by atoms with van der Waals surface area (Å²) in [6, 6.07) is 7.15. The molecule has 0 aromatic heterocycles. The van der Waals surface area contributed by atoms with Crippen LogP contribution in [0.2, 0.25) is 0 Å². The van der Waals surface area contributed by atoms with Crippen LogP contribution in [-0.2, 0) is 6.42 Å². The van der Waals surface area contributed by atoms with Crippen LogP contribution in [0.5, 0.6) is 5.75 Å². The van der Waals surface area contributed by atoms with Crippen LogP contribution in [0.1, 0.15) is 69.0 Å². The standard InChI is InChI=1S/C19H29NO/c1-2-20-18(12-11-15-7-4-3-5-8-15)17-10-6-9-16-13-14-21-19(16)17/h6,9-10,15,18,20H,2-5,7-8,11-14H2,1H3. The average Bonchev–Trinajstić information content (AvgIpc) is 3.01. The van der Waals surface area contributed by atoms with Crippen LogP contribution < -0.4 is 10.1 Å². The van der Waals surface area contributed by atoms with Crippen LogP contribution in [0.15, 0.2) is 18.2 Å². The maximum Gasteiger partial charge on any atom is 0.127 e. The monoisotopic (exact) mass is 287 g/mol. The fourth-order valence-corrected chi connectivity index (χ4v) is 4.01. The van der Waals surface area contributed by atoms with Crippen LogP contribution in [0, 0.1) is 5.92 Å². The Morgan fingerprint density at radius 3 is 2.90 bits per heavy atom. The molecule has 0 bridgehead atoms. The molecule has 1 heterocycles. The third-order valence-electron chi connectivity index (χ3n) is 5.16. The molecule has 1 aromatic carbocycles. The van der Waals surface area contributed by atoms with Gasteiger partial charge >= 0.3 is 0 Å². The molecule has 1 saturated carbocycles. The zero-order chi connectivity index (χ0) is 14.5. The quantitative estimate of drug-likeness (QED) is 0.823. The maximum atomic E-state index is 5.91. The van der Waals surface area contributed by atoms with Gasteiger partial charge in [0, 0.05) is 18.0 Å². The molecule has 21 heavy (non-hydrogen) atoms. The summed E-state index contributed by atoms with van der Waals surface area (Å²) in [5, 5.41) is 3.69. The predicted molar refractivity (Wildman–Crippen MR) is 87.9 cm³/mol. The number of hydrogen-bond acceptors (Lipinski definition) is 2. The molecule has 0 saturated heterocycles. The summed E-state index contributed by atoms with van der Waals surface area (Å²) in [4.78, 5) is 0. The van der Waals surface area contributed by atoms with Crippen molar-refractivity contribution in [3.63, 3.8) is 0 Å². The Hall–Kier alpha value is -1.02. The molecule has 1 aromatic rings. The smallest absolute Gasteiger partial charge is 0.127 e. The summed E-state index contributed by atoms with van der Waals surface area (Å²) < 4.78 is 5.91. The Bertz CT molecular complexity index is 451. The first-order valence-corrected chi connectivity index (χ1v) is 8.86. The zero-order valence-electron chi connectivity index (χ0n) is 13.4. The molecule has 0 spiro atoms. The lowest BCUT2D eigenvalue weighted by Gasteiger charge is -2.25. The van der Waals surface area contributed by atoms with Crippen molar-refractivity contribution in [1.82, 2.24) is 5.32 Å². The molecule has 0 amide bonds. The number of nitrogens with one attached hydrogen (secondary N) is 1. The van der Waals surface area contributed by atoms with E-state index in [0.717, 1.165) is 25.5 Å². The first kappa shape index (κ1) is 14.9. The third-order valence-corrected chi connectivity index (χ3v) is 5.16. The van der Waals surface area contributed by atoms with E-state index in [-0.39, 0.29) is 0 Å². The molecule has 1 unspecified atom stereocenters. The highest BCUT2D eigenvalue weighted by molar-refractivity contribution is 5.45. The number of ether oxygens (including phenoxy) is 1. The molecule has 0 radical (unpaired) electrons. The normalized spacial score (nSPS) is 20.0. The fourth-order valence-electron chi connectivity index (χ4n) is 4.01. The van der Waals surface area contributed by atoms with Crippen LogP contribution in [0.3, 0.4) is 0 Å². The van der Waals surface area contributed by atoms with Crippen molar-refractivity contribution in [2.75, 3.05) is 13.2 Å². The average molecular weight is 287 g/mol. The van der Waals surface area contributed by atoms with Gasteiger partial charge in [-0.2, -0.15) is 0 Å². The van der Waals surface area contributed by atoms with Gasteiger partial charge in [0.15, 0.2) is 0 Å². The number of rotatable bonds is 6. The predicted octanol–water partition coefficient (Wildman–Crippen LogP) is 4.63. The van der Waals surface area contributed by atoms with Gasteiger partial charge in [0.25, 0.3) is 0 Å². The number of benzene rings is 1. The SMILES string of the molecule is CCNC(CCC1CCCCC1)c1cccc2c1OCC2. The summed E-state index contributed by atoms with van der Waals surface area (Å²) in [6.07, 6.45) is 10.9. The summed E-state index contributed by atoms with van der Waals surface area (Å²) in [5.41, 5.74) is 2.79. The summed E-state index contributed by atoms with van der Waals surface area (Å²) >= 11 is 0.